The maximum Gasteiger partial charge on any atom is 0.263 e. The summed E-state index contributed by atoms with van der Waals surface area (Å²) in [5.41, 5.74) is 4.95. The normalized spacial score (nSPS) is 18.2. The average Bonchev–Trinajstić information content (AvgIpc) is 3.20. The van der Waals surface area contributed by atoms with Gasteiger partial charge in [0.2, 0.25) is 0 Å². The molecule has 36 heavy (non-hydrogen) atoms. The molecule has 1 amide bonds. The number of thiophene rings is 1. The van der Waals surface area contributed by atoms with E-state index in [1.54, 1.807) is 0 Å². The molecule has 1 atom stereocenters. The van der Waals surface area contributed by atoms with Crippen molar-refractivity contribution in [2.75, 3.05) is 42.9 Å². The number of piperazine rings is 1. The molecular formula is C28H31N5O2S. The number of amides is 1. The molecule has 8 heteroatoms. The van der Waals surface area contributed by atoms with Crippen LogP contribution < -0.4 is 25.6 Å². The SMILES string of the molecule is CC1CNc2c(sc3ccc4nc(-c5cc(OC(C)C)cc(N6CCNCC6)c5)ccc4c23)C(=O)N1. The van der Waals surface area contributed by atoms with Gasteiger partial charge in [-0.2, -0.15) is 0 Å². The summed E-state index contributed by atoms with van der Waals surface area (Å²) in [6.07, 6.45) is 0.0928. The predicted molar refractivity (Wildman–Crippen MR) is 149 cm³/mol. The van der Waals surface area contributed by atoms with Crippen LogP contribution in [-0.2, 0) is 0 Å². The van der Waals surface area contributed by atoms with Gasteiger partial charge in [0.15, 0.2) is 0 Å². The topological polar surface area (TPSA) is 78.5 Å². The van der Waals surface area contributed by atoms with Crippen LogP contribution >= 0.6 is 11.3 Å². The Balaban J connectivity index is 1.45. The first-order valence-electron chi connectivity index (χ1n) is 12.6. The number of carbonyl (C=O) groups excluding carboxylic acids is 1. The van der Waals surface area contributed by atoms with Crippen molar-refractivity contribution in [1.82, 2.24) is 15.6 Å². The van der Waals surface area contributed by atoms with E-state index in [1.165, 1.54) is 11.3 Å². The maximum absolute atomic E-state index is 12.8. The molecule has 6 rings (SSSR count). The highest BCUT2D eigenvalue weighted by atomic mass is 32.1. The molecule has 0 saturated carbocycles. The molecule has 1 fully saturated rings. The molecule has 4 heterocycles. The quantitative estimate of drug-likeness (QED) is 0.371. The Morgan fingerprint density at radius 1 is 1.11 bits per heavy atom. The lowest BCUT2D eigenvalue weighted by Gasteiger charge is -2.30. The number of aromatic nitrogens is 1. The van der Waals surface area contributed by atoms with Gasteiger partial charge in [-0.15, -0.1) is 11.3 Å². The Morgan fingerprint density at radius 2 is 1.94 bits per heavy atom. The summed E-state index contributed by atoms with van der Waals surface area (Å²) < 4.78 is 7.21. The van der Waals surface area contributed by atoms with E-state index in [-0.39, 0.29) is 18.1 Å². The first kappa shape index (κ1) is 23.1. The van der Waals surface area contributed by atoms with Gasteiger partial charge in [0.1, 0.15) is 10.6 Å². The van der Waals surface area contributed by atoms with E-state index in [0.29, 0.717) is 6.54 Å². The van der Waals surface area contributed by atoms with Crippen molar-refractivity contribution in [3.63, 3.8) is 0 Å². The fraction of sp³-hybridized carbons (Fsp3) is 0.357. The largest absolute Gasteiger partial charge is 0.491 e. The molecule has 2 aromatic heterocycles. The number of rotatable bonds is 4. The van der Waals surface area contributed by atoms with Gasteiger partial charge in [0.25, 0.3) is 5.91 Å². The van der Waals surface area contributed by atoms with Crippen LogP contribution in [0.4, 0.5) is 11.4 Å². The van der Waals surface area contributed by atoms with Crippen LogP contribution in [0, 0.1) is 0 Å². The van der Waals surface area contributed by atoms with E-state index in [2.05, 4.69) is 77.2 Å². The summed E-state index contributed by atoms with van der Waals surface area (Å²) in [6.45, 7) is 10.7. The van der Waals surface area contributed by atoms with Gasteiger partial charge in [0, 0.05) is 71.6 Å². The van der Waals surface area contributed by atoms with Crippen molar-refractivity contribution in [2.45, 2.75) is 32.9 Å². The summed E-state index contributed by atoms with van der Waals surface area (Å²) in [6, 6.07) is 14.9. The molecule has 2 aromatic carbocycles. The number of nitrogens with one attached hydrogen (secondary N) is 3. The summed E-state index contributed by atoms with van der Waals surface area (Å²) in [7, 11) is 0. The van der Waals surface area contributed by atoms with Crippen LogP contribution in [0.3, 0.4) is 0 Å². The molecule has 1 unspecified atom stereocenters. The summed E-state index contributed by atoms with van der Waals surface area (Å²) >= 11 is 1.53. The lowest BCUT2D eigenvalue weighted by molar-refractivity contribution is 0.0949. The van der Waals surface area contributed by atoms with Gasteiger partial charge in [-0.1, -0.05) is 0 Å². The molecule has 1 saturated heterocycles. The highest BCUT2D eigenvalue weighted by molar-refractivity contribution is 7.21. The van der Waals surface area contributed by atoms with E-state index >= 15 is 0 Å². The van der Waals surface area contributed by atoms with Crippen molar-refractivity contribution < 1.29 is 9.53 Å². The standard InChI is InChI=1S/C28H31N5O2S/c1-16(2)35-20-13-18(12-19(14-20)33-10-8-29-9-11-33)22-5-4-21-23(32-22)6-7-24-25(21)26-27(36-24)28(34)31-17(3)15-30-26/h4-7,12-14,16-17,29-30H,8-11,15H2,1-3H3,(H,31,34). The Morgan fingerprint density at radius 3 is 2.75 bits per heavy atom. The van der Waals surface area contributed by atoms with E-state index < -0.39 is 0 Å². The maximum atomic E-state index is 12.8. The minimum atomic E-state index is -0.0103. The Labute approximate surface area is 214 Å². The molecular weight excluding hydrogens is 470 g/mol. The predicted octanol–water partition coefficient (Wildman–Crippen LogP) is 4.86. The summed E-state index contributed by atoms with van der Waals surface area (Å²) in [4.78, 5) is 21.0. The van der Waals surface area contributed by atoms with Crippen LogP contribution in [0.1, 0.15) is 30.4 Å². The van der Waals surface area contributed by atoms with Gasteiger partial charge < -0.3 is 25.6 Å². The van der Waals surface area contributed by atoms with Gasteiger partial charge >= 0.3 is 0 Å². The lowest BCUT2D eigenvalue weighted by atomic mass is 10.0. The van der Waals surface area contributed by atoms with Crippen LogP contribution in [-0.4, -0.2) is 55.8 Å². The van der Waals surface area contributed by atoms with Crippen LogP contribution in [0.5, 0.6) is 5.75 Å². The van der Waals surface area contributed by atoms with Gasteiger partial charge in [-0.25, -0.2) is 4.98 Å². The molecule has 0 radical (unpaired) electrons. The molecule has 4 aromatic rings. The number of nitrogens with zero attached hydrogens (tertiary/aromatic N) is 2. The summed E-state index contributed by atoms with van der Waals surface area (Å²) in [5, 5.41) is 12.1. The number of carbonyl (C=O) groups is 1. The number of hydrogen-bond acceptors (Lipinski definition) is 7. The number of benzene rings is 2. The molecule has 2 aliphatic heterocycles. The highest BCUT2D eigenvalue weighted by Gasteiger charge is 2.25. The minimum absolute atomic E-state index is 0.0103. The van der Waals surface area contributed by atoms with Crippen LogP contribution in [0.15, 0.2) is 42.5 Å². The minimum Gasteiger partial charge on any atom is -0.491 e. The third-order valence-corrected chi connectivity index (χ3v) is 7.89. The summed E-state index contributed by atoms with van der Waals surface area (Å²) in [5.74, 6) is 0.852. The number of hydrogen-bond donors (Lipinski definition) is 3. The zero-order chi connectivity index (χ0) is 24.8. The van der Waals surface area contributed by atoms with Crippen LogP contribution in [0.2, 0.25) is 0 Å². The zero-order valence-corrected chi connectivity index (χ0v) is 21.7. The third kappa shape index (κ3) is 4.24. The second-order valence-electron chi connectivity index (χ2n) is 9.88. The van der Waals surface area contributed by atoms with E-state index in [0.717, 1.165) is 80.4 Å². The first-order chi connectivity index (χ1) is 17.5. The molecule has 0 bridgehead atoms. The third-order valence-electron chi connectivity index (χ3n) is 6.73. The first-order valence-corrected chi connectivity index (χ1v) is 13.5. The second kappa shape index (κ2) is 9.26. The number of ether oxygens (including phenoxy) is 1. The van der Waals surface area contributed by atoms with E-state index in [4.69, 9.17) is 9.72 Å². The van der Waals surface area contributed by atoms with Crippen molar-refractivity contribution in [3.05, 3.63) is 47.3 Å². The number of fused-ring (bicyclic) bond motifs is 5. The Hall–Kier alpha value is -3.36. The molecule has 7 nitrogen and oxygen atoms in total. The molecule has 3 N–H and O–H groups in total. The van der Waals surface area contributed by atoms with E-state index in [1.807, 2.05) is 6.92 Å². The van der Waals surface area contributed by atoms with Crippen LogP contribution in [0.25, 0.3) is 32.2 Å². The average molecular weight is 502 g/mol. The molecule has 186 valence electrons. The van der Waals surface area contributed by atoms with Crippen molar-refractivity contribution in [3.8, 4) is 17.0 Å². The highest BCUT2D eigenvalue weighted by Crippen LogP contribution is 2.41. The van der Waals surface area contributed by atoms with Gasteiger partial charge in [-0.05, 0) is 57.2 Å². The zero-order valence-electron chi connectivity index (χ0n) is 20.9. The smallest absolute Gasteiger partial charge is 0.263 e. The fourth-order valence-corrected chi connectivity index (χ4v) is 6.16. The van der Waals surface area contributed by atoms with Crippen molar-refractivity contribution in [2.24, 2.45) is 0 Å². The molecule has 0 aliphatic carbocycles. The fourth-order valence-electron chi connectivity index (χ4n) is 5.06. The number of pyridine rings is 1. The number of anilines is 2. The Bertz CT molecular complexity index is 1460. The van der Waals surface area contributed by atoms with Gasteiger partial charge in [0.05, 0.1) is 23.0 Å². The molecule has 0 spiro atoms. The van der Waals surface area contributed by atoms with Gasteiger partial charge in [-0.3, -0.25) is 4.79 Å². The monoisotopic (exact) mass is 501 g/mol. The molecule has 2 aliphatic rings. The van der Waals surface area contributed by atoms with Crippen molar-refractivity contribution >= 4 is 49.6 Å². The second-order valence-corrected chi connectivity index (χ2v) is 10.9. The van der Waals surface area contributed by atoms with Crippen molar-refractivity contribution in [1.29, 1.82) is 0 Å². The Kier molecular flexibility index (Phi) is 5.93. The van der Waals surface area contributed by atoms with E-state index in [9.17, 15) is 4.79 Å². The lowest BCUT2D eigenvalue weighted by Crippen LogP contribution is -2.43.